The zero-order chi connectivity index (χ0) is 17.4. The van der Waals surface area contributed by atoms with Crippen molar-refractivity contribution >= 4 is 5.91 Å². The van der Waals surface area contributed by atoms with E-state index in [4.69, 9.17) is 4.52 Å². The smallest absolute Gasteiger partial charge is 0.243 e. The summed E-state index contributed by atoms with van der Waals surface area (Å²) in [4.78, 5) is 23.9. The predicted molar refractivity (Wildman–Crippen MR) is 93.1 cm³/mol. The standard InChI is InChI=1S/C18H29N5O2/c1-13(17-19-16(20-25-17)15-5-6-15)21-9-11-22(12-10-21)14(2)18(24)23-7-3-4-8-23/h13-15H,3-12H2,1-2H3/t13-,14+/m0/s1. The van der Waals surface area contributed by atoms with Gasteiger partial charge in [-0.25, -0.2) is 0 Å². The first-order valence-corrected chi connectivity index (χ1v) is 9.74. The quantitative estimate of drug-likeness (QED) is 0.807. The molecule has 1 aromatic heterocycles. The van der Waals surface area contributed by atoms with E-state index in [1.807, 2.05) is 4.90 Å². The van der Waals surface area contributed by atoms with Crippen LogP contribution in [0.5, 0.6) is 0 Å². The lowest BCUT2D eigenvalue weighted by atomic mass is 10.1. The molecular formula is C18H29N5O2. The van der Waals surface area contributed by atoms with Crippen molar-refractivity contribution in [3.63, 3.8) is 0 Å². The molecule has 2 aliphatic heterocycles. The maximum absolute atomic E-state index is 12.6. The average molecular weight is 347 g/mol. The van der Waals surface area contributed by atoms with Gasteiger partial charge in [0.05, 0.1) is 12.1 Å². The first-order valence-electron chi connectivity index (χ1n) is 9.74. The summed E-state index contributed by atoms with van der Waals surface area (Å²) in [5.74, 6) is 2.44. The van der Waals surface area contributed by atoms with Crippen molar-refractivity contribution in [2.24, 2.45) is 0 Å². The highest BCUT2D eigenvalue weighted by Gasteiger charge is 2.33. The average Bonchev–Trinajstić information content (AvgIpc) is 3.15. The predicted octanol–water partition coefficient (Wildman–Crippen LogP) is 1.64. The van der Waals surface area contributed by atoms with E-state index in [0.717, 1.165) is 63.8 Å². The number of hydrogen-bond acceptors (Lipinski definition) is 6. The van der Waals surface area contributed by atoms with Gasteiger partial charge < -0.3 is 9.42 Å². The molecule has 0 unspecified atom stereocenters. The van der Waals surface area contributed by atoms with Crippen molar-refractivity contribution in [3.05, 3.63) is 11.7 Å². The Morgan fingerprint density at radius 3 is 2.32 bits per heavy atom. The van der Waals surface area contributed by atoms with Gasteiger partial charge in [0.1, 0.15) is 0 Å². The van der Waals surface area contributed by atoms with Gasteiger partial charge >= 0.3 is 0 Å². The number of piperazine rings is 1. The summed E-state index contributed by atoms with van der Waals surface area (Å²) in [6.07, 6.45) is 4.68. The molecule has 0 N–H and O–H groups in total. The van der Waals surface area contributed by atoms with Gasteiger partial charge in [-0.2, -0.15) is 4.98 Å². The Labute approximate surface area is 149 Å². The van der Waals surface area contributed by atoms with Crippen molar-refractivity contribution in [1.29, 1.82) is 0 Å². The van der Waals surface area contributed by atoms with E-state index in [9.17, 15) is 4.79 Å². The molecule has 3 fully saturated rings. The van der Waals surface area contributed by atoms with Crippen LogP contribution in [0.3, 0.4) is 0 Å². The van der Waals surface area contributed by atoms with Crippen LogP contribution in [0.15, 0.2) is 4.52 Å². The molecule has 1 amide bonds. The lowest BCUT2D eigenvalue weighted by Crippen LogP contribution is -2.54. The topological polar surface area (TPSA) is 65.7 Å². The van der Waals surface area contributed by atoms with E-state index in [1.54, 1.807) is 0 Å². The van der Waals surface area contributed by atoms with Crippen LogP contribution in [-0.4, -0.2) is 76.1 Å². The van der Waals surface area contributed by atoms with Crippen LogP contribution >= 0.6 is 0 Å². The number of carbonyl (C=O) groups is 1. The van der Waals surface area contributed by atoms with Gasteiger partial charge in [0.15, 0.2) is 5.82 Å². The summed E-state index contributed by atoms with van der Waals surface area (Å²) in [5, 5.41) is 4.13. The van der Waals surface area contributed by atoms with E-state index < -0.39 is 0 Å². The fourth-order valence-corrected chi connectivity index (χ4v) is 3.95. The highest BCUT2D eigenvalue weighted by molar-refractivity contribution is 5.81. The van der Waals surface area contributed by atoms with Gasteiger partial charge in [0.2, 0.25) is 11.8 Å². The molecule has 1 aliphatic carbocycles. The minimum absolute atomic E-state index is 0.0135. The fourth-order valence-electron chi connectivity index (χ4n) is 3.95. The highest BCUT2D eigenvalue weighted by atomic mass is 16.5. The van der Waals surface area contributed by atoms with Gasteiger partial charge in [-0.05, 0) is 39.5 Å². The second-order valence-electron chi connectivity index (χ2n) is 7.72. The summed E-state index contributed by atoms with van der Waals surface area (Å²) in [6.45, 7) is 9.74. The zero-order valence-corrected chi connectivity index (χ0v) is 15.4. The fraction of sp³-hybridized carbons (Fsp3) is 0.833. The van der Waals surface area contributed by atoms with Crippen molar-refractivity contribution in [2.75, 3.05) is 39.3 Å². The van der Waals surface area contributed by atoms with Gasteiger partial charge in [-0.3, -0.25) is 14.6 Å². The lowest BCUT2D eigenvalue weighted by molar-refractivity contribution is -0.136. The third-order valence-corrected chi connectivity index (χ3v) is 5.98. The Morgan fingerprint density at radius 1 is 1.04 bits per heavy atom. The second kappa shape index (κ2) is 7.03. The first kappa shape index (κ1) is 17.0. The van der Waals surface area contributed by atoms with Crippen LogP contribution < -0.4 is 0 Å². The number of rotatable bonds is 5. The normalized spacial score (nSPS) is 25.3. The van der Waals surface area contributed by atoms with Crippen LogP contribution in [0.4, 0.5) is 0 Å². The highest BCUT2D eigenvalue weighted by Crippen LogP contribution is 2.38. The summed E-state index contributed by atoms with van der Waals surface area (Å²) >= 11 is 0. The van der Waals surface area contributed by atoms with E-state index in [2.05, 4.69) is 33.8 Å². The summed E-state index contributed by atoms with van der Waals surface area (Å²) in [5.41, 5.74) is 0. The zero-order valence-electron chi connectivity index (χ0n) is 15.4. The van der Waals surface area contributed by atoms with Gasteiger partial charge in [0.25, 0.3) is 0 Å². The molecule has 7 heteroatoms. The number of hydrogen-bond donors (Lipinski definition) is 0. The summed E-state index contributed by atoms with van der Waals surface area (Å²) in [7, 11) is 0. The Kier molecular flexibility index (Phi) is 4.78. The van der Waals surface area contributed by atoms with Crippen LogP contribution in [-0.2, 0) is 4.79 Å². The number of amides is 1. The number of likely N-dealkylation sites (tertiary alicyclic amines) is 1. The molecule has 2 saturated heterocycles. The van der Waals surface area contributed by atoms with Crippen LogP contribution in [0, 0.1) is 0 Å². The summed E-state index contributed by atoms with van der Waals surface area (Å²) in [6, 6.07) is 0.132. The molecule has 0 aromatic carbocycles. The van der Waals surface area contributed by atoms with E-state index in [-0.39, 0.29) is 12.1 Å². The molecule has 25 heavy (non-hydrogen) atoms. The third kappa shape index (κ3) is 3.58. The second-order valence-corrected chi connectivity index (χ2v) is 7.72. The molecule has 1 saturated carbocycles. The van der Waals surface area contributed by atoms with Crippen LogP contribution in [0.2, 0.25) is 0 Å². The molecule has 0 spiro atoms. The van der Waals surface area contributed by atoms with Crippen molar-refractivity contribution in [3.8, 4) is 0 Å². The van der Waals surface area contributed by atoms with Gasteiger partial charge in [-0.1, -0.05) is 5.16 Å². The SMILES string of the molecule is C[C@H](C(=O)N1CCCC1)N1CCN([C@@H](C)c2nc(C3CC3)no2)CC1. The summed E-state index contributed by atoms with van der Waals surface area (Å²) < 4.78 is 5.48. The number of carbonyl (C=O) groups excluding carboxylic acids is 1. The van der Waals surface area contributed by atoms with Crippen molar-refractivity contribution < 1.29 is 9.32 Å². The molecule has 3 aliphatic rings. The van der Waals surface area contributed by atoms with E-state index in [0.29, 0.717) is 11.8 Å². The molecule has 4 rings (SSSR count). The number of aromatic nitrogens is 2. The molecule has 138 valence electrons. The molecule has 1 aromatic rings. The Hall–Kier alpha value is -1.47. The minimum Gasteiger partial charge on any atom is -0.341 e. The monoisotopic (exact) mass is 347 g/mol. The minimum atomic E-state index is -0.0135. The Bertz CT molecular complexity index is 600. The van der Waals surface area contributed by atoms with Gasteiger partial charge in [-0.15, -0.1) is 0 Å². The first-order chi connectivity index (χ1) is 12.1. The maximum atomic E-state index is 12.6. The van der Waals surface area contributed by atoms with E-state index >= 15 is 0 Å². The molecule has 7 nitrogen and oxygen atoms in total. The molecule has 0 bridgehead atoms. The Morgan fingerprint density at radius 2 is 1.68 bits per heavy atom. The van der Waals surface area contributed by atoms with E-state index in [1.165, 1.54) is 12.8 Å². The molecular weight excluding hydrogens is 318 g/mol. The largest absolute Gasteiger partial charge is 0.341 e. The molecule has 3 heterocycles. The maximum Gasteiger partial charge on any atom is 0.243 e. The third-order valence-electron chi connectivity index (χ3n) is 5.98. The number of nitrogens with zero attached hydrogens (tertiary/aromatic N) is 5. The van der Waals surface area contributed by atoms with Crippen molar-refractivity contribution in [2.45, 2.75) is 57.5 Å². The van der Waals surface area contributed by atoms with Crippen molar-refractivity contribution in [1.82, 2.24) is 24.8 Å². The molecule has 0 radical (unpaired) electrons. The Balaban J connectivity index is 1.30. The van der Waals surface area contributed by atoms with Gasteiger partial charge in [0, 0.05) is 45.2 Å². The van der Waals surface area contributed by atoms with Crippen LogP contribution in [0.1, 0.15) is 63.2 Å². The molecule has 2 atom stereocenters. The lowest BCUT2D eigenvalue weighted by Gasteiger charge is -2.39. The van der Waals surface area contributed by atoms with Crippen LogP contribution in [0.25, 0.3) is 0 Å².